The molecule has 0 saturated carbocycles. The number of amides is 1. The van der Waals surface area contributed by atoms with Crippen molar-refractivity contribution in [3.05, 3.63) is 0 Å². The summed E-state index contributed by atoms with van der Waals surface area (Å²) in [7, 11) is 1.96. The standard InChI is InChI=1S/C16H31N3O2/c1-3-19-11-6-14(7-12-19)18(2)16(20)8-13-21-15-4-9-17-10-5-15/h14-15,17H,3-13H2,1-2H3. The molecular formula is C16H31N3O2. The van der Waals surface area contributed by atoms with Crippen LogP contribution in [0, 0.1) is 0 Å². The second-order valence-corrected chi connectivity index (χ2v) is 6.24. The molecule has 2 aliphatic rings. The highest BCUT2D eigenvalue weighted by atomic mass is 16.5. The van der Waals surface area contributed by atoms with E-state index in [0.717, 1.165) is 58.4 Å². The van der Waals surface area contributed by atoms with E-state index in [2.05, 4.69) is 17.1 Å². The zero-order valence-electron chi connectivity index (χ0n) is 13.6. The van der Waals surface area contributed by atoms with Crippen molar-refractivity contribution in [2.75, 3.05) is 46.4 Å². The fourth-order valence-corrected chi connectivity index (χ4v) is 3.28. The fourth-order valence-electron chi connectivity index (χ4n) is 3.28. The fraction of sp³-hybridized carbons (Fsp3) is 0.938. The van der Waals surface area contributed by atoms with Crippen molar-refractivity contribution in [3.63, 3.8) is 0 Å². The Morgan fingerprint density at radius 3 is 2.52 bits per heavy atom. The Balaban J connectivity index is 1.63. The lowest BCUT2D eigenvalue weighted by molar-refractivity contribution is -0.134. The van der Waals surface area contributed by atoms with Crippen LogP contribution in [0.4, 0.5) is 0 Å². The molecule has 0 aromatic rings. The number of piperidine rings is 2. The van der Waals surface area contributed by atoms with Crippen LogP contribution in [0.1, 0.15) is 39.0 Å². The zero-order chi connectivity index (χ0) is 15.1. The average Bonchev–Trinajstić information content (AvgIpc) is 2.55. The second-order valence-electron chi connectivity index (χ2n) is 6.24. The van der Waals surface area contributed by atoms with Gasteiger partial charge in [-0.15, -0.1) is 0 Å². The molecule has 2 fully saturated rings. The van der Waals surface area contributed by atoms with E-state index in [0.29, 0.717) is 25.2 Å². The summed E-state index contributed by atoms with van der Waals surface area (Å²) in [5.41, 5.74) is 0. The summed E-state index contributed by atoms with van der Waals surface area (Å²) in [6.07, 6.45) is 5.21. The van der Waals surface area contributed by atoms with Gasteiger partial charge in [-0.2, -0.15) is 0 Å². The Labute approximate surface area is 129 Å². The van der Waals surface area contributed by atoms with Crippen molar-refractivity contribution in [1.82, 2.24) is 15.1 Å². The Bertz CT molecular complexity index is 311. The third-order valence-electron chi connectivity index (χ3n) is 4.90. The summed E-state index contributed by atoms with van der Waals surface area (Å²) in [6, 6.07) is 0.416. The molecule has 2 aliphatic heterocycles. The van der Waals surface area contributed by atoms with Crippen LogP contribution in [-0.4, -0.2) is 74.2 Å². The number of hydrogen-bond acceptors (Lipinski definition) is 4. The first-order valence-corrected chi connectivity index (χ1v) is 8.51. The van der Waals surface area contributed by atoms with Gasteiger partial charge in [0.1, 0.15) is 0 Å². The molecule has 0 atom stereocenters. The van der Waals surface area contributed by atoms with E-state index in [1.807, 2.05) is 11.9 Å². The highest BCUT2D eigenvalue weighted by Gasteiger charge is 2.24. The smallest absolute Gasteiger partial charge is 0.224 e. The second kappa shape index (κ2) is 8.71. The Morgan fingerprint density at radius 1 is 1.24 bits per heavy atom. The minimum absolute atomic E-state index is 0.235. The highest BCUT2D eigenvalue weighted by molar-refractivity contribution is 5.76. The van der Waals surface area contributed by atoms with Gasteiger partial charge in [0, 0.05) is 26.2 Å². The van der Waals surface area contributed by atoms with E-state index in [1.54, 1.807) is 0 Å². The van der Waals surface area contributed by atoms with Crippen LogP contribution in [0.2, 0.25) is 0 Å². The van der Waals surface area contributed by atoms with Crippen LogP contribution in [-0.2, 0) is 9.53 Å². The number of rotatable bonds is 6. The van der Waals surface area contributed by atoms with Crippen molar-refractivity contribution in [1.29, 1.82) is 0 Å². The van der Waals surface area contributed by atoms with Gasteiger partial charge >= 0.3 is 0 Å². The first-order chi connectivity index (χ1) is 10.2. The van der Waals surface area contributed by atoms with Gasteiger partial charge in [-0.3, -0.25) is 4.79 Å². The summed E-state index contributed by atoms with van der Waals surface area (Å²) in [5.74, 6) is 0.235. The molecule has 0 aliphatic carbocycles. The van der Waals surface area contributed by atoms with Crippen LogP contribution < -0.4 is 5.32 Å². The Morgan fingerprint density at radius 2 is 1.90 bits per heavy atom. The average molecular weight is 297 g/mol. The monoisotopic (exact) mass is 297 g/mol. The Hall–Kier alpha value is -0.650. The summed E-state index contributed by atoms with van der Waals surface area (Å²) in [5, 5.41) is 3.32. The number of carbonyl (C=O) groups excluding carboxylic acids is 1. The normalized spacial score (nSPS) is 22.4. The van der Waals surface area contributed by atoms with Gasteiger partial charge < -0.3 is 19.9 Å². The molecule has 0 radical (unpaired) electrons. The molecule has 2 heterocycles. The summed E-state index contributed by atoms with van der Waals surface area (Å²) in [4.78, 5) is 16.7. The van der Waals surface area contributed by atoms with E-state index in [9.17, 15) is 4.79 Å². The molecule has 2 rings (SSSR count). The summed E-state index contributed by atoms with van der Waals surface area (Å²) in [6.45, 7) is 8.20. The first-order valence-electron chi connectivity index (χ1n) is 8.51. The number of likely N-dealkylation sites (tertiary alicyclic amines) is 1. The lowest BCUT2D eigenvalue weighted by atomic mass is 10.0. The van der Waals surface area contributed by atoms with E-state index in [4.69, 9.17) is 4.74 Å². The molecule has 1 N–H and O–H groups in total. The van der Waals surface area contributed by atoms with Crippen molar-refractivity contribution in [2.24, 2.45) is 0 Å². The van der Waals surface area contributed by atoms with Crippen molar-refractivity contribution >= 4 is 5.91 Å². The maximum absolute atomic E-state index is 12.3. The molecule has 5 nitrogen and oxygen atoms in total. The molecule has 0 aromatic carbocycles. The predicted molar refractivity (Wildman–Crippen MR) is 84.4 cm³/mol. The summed E-state index contributed by atoms with van der Waals surface area (Å²) >= 11 is 0. The topological polar surface area (TPSA) is 44.8 Å². The van der Waals surface area contributed by atoms with E-state index < -0.39 is 0 Å². The first kappa shape index (κ1) is 16.7. The molecule has 122 valence electrons. The predicted octanol–water partition coefficient (Wildman–Crippen LogP) is 1.09. The van der Waals surface area contributed by atoms with Gasteiger partial charge in [-0.05, 0) is 45.3 Å². The SMILES string of the molecule is CCN1CCC(N(C)C(=O)CCOC2CCNCC2)CC1. The number of nitrogens with one attached hydrogen (secondary N) is 1. The molecule has 2 saturated heterocycles. The maximum Gasteiger partial charge on any atom is 0.224 e. The number of ether oxygens (including phenoxy) is 1. The molecular weight excluding hydrogens is 266 g/mol. The van der Waals surface area contributed by atoms with Gasteiger partial charge in [0.15, 0.2) is 0 Å². The molecule has 0 bridgehead atoms. The third-order valence-corrected chi connectivity index (χ3v) is 4.90. The van der Waals surface area contributed by atoms with Crippen LogP contribution in [0.5, 0.6) is 0 Å². The summed E-state index contributed by atoms with van der Waals surface area (Å²) < 4.78 is 5.83. The largest absolute Gasteiger partial charge is 0.378 e. The molecule has 1 amide bonds. The molecule has 0 aromatic heterocycles. The van der Waals surface area contributed by atoms with Crippen LogP contribution in [0.15, 0.2) is 0 Å². The van der Waals surface area contributed by atoms with Gasteiger partial charge in [0.25, 0.3) is 0 Å². The van der Waals surface area contributed by atoms with Crippen LogP contribution in [0.3, 0.4) is 0 Å². The minimum atomic E-state index is 0.235. The molecule has 5 heteroatoms. The maximum atomic E-state index is 12.3. The minimum Gasteiger partial charge on any atom is -0.378 e. The number of nitrogens with zero attached hydrogens (tertiary/aromatic N) is 2. The lowest BCUT2D eigenvalue weighted by Gasteiger charge is -2.36. The third kappa shape index (κ3) is 5.24. The molecule has 21 heavy (non-hydrogen) atoms. The van der Waals surface area contributed by atoms with Gasteiger partial charge in [-0.25, -0.2) is 0 Å². The highest BCUT2D eigenvalue weighted by Crippen LogP contribution is 2.16. The Kier molecular flexibility index (Phi) is 6.93. The van der Waals surface area contributed by atoms with Crippen LogP contribution in [0.25, 0.3) is 0 Å². The van der Waals surface area contributed by atoms with E-state index in [1.165, 1.54) is 0 Å². The number of carbonyl (C=O) groups is 1. The van der Waals surface area contributed by atoms with Crippen molar-refractivity contribution in [3.8, 4) is 0 Å². The van der Waals surface area contributed by atoms with Gasteiger partial charge in [-0.1, -0.05) is 6.92 Å². The quantitative estimate of drug-likeness (QED) is 0.797. The lowest BCUT2D eigenvalue weighted by Crippen LogP contribution is -2.45. The molecule has 0 unspecified atom stereocenters. The van der Waals surface area contributed by atoms with E-state index in [-0.39, 0.29) is 5.91 Å². The van der Waals surface area contributed by atoms with Gasteiger partial charge in [0.2, 0.25) is 5.91 Å². The molecule has 0 spiro atoms. The van der Waals surface area contributed by atoms with Crippen molar-refractivity contribution < 1.29 is 9.53 Å². The van der Waals surface area contributed by atoms with Crippen LogP contribution >= 0.6 is 0 Å². The number of hydrogen-bond donors (Lipinski definition) is 1. The van der Waals surface area contributed by atoms with Gasteiger partial charge in [0.05, 0.1) is 19.1 Å². The van der Waals surface area contributed by atoms with E-state index >= 15 is 0 Å². The van der Waals surface area contributed by atoms with Crippen molar-refractivity contribution in [2.45, 2.75) is 51.2 Å². The zero-order valence-corrected chi connectivity index (χ0v) is 13.6.